The molecule has 0 bridgehead atoms. The lowest BCUT2D eigenvalue weighted by molar-refractivity contribution is -0.137. The van der Waals surface area contributed by atoms with Crippen LogP contribution in [-0.4, -0.2) is 38.6 Å². The number of halogens is 4. The molecule has 0 aliphatic heterocycles. The summed E-state index contributed by atoms with van der Waals surface area (Å²) in [6.45, 7) is 0.130. The summed E-state index contributed by atoms with van der Waals surface area (Å²) in [7, 11) is 0. The zero-order valence-electron chi connectivity index (χ0n) is 11.8. The van der Waals surface area contributed by atoms with Crippen LogP contribution in [0.1, 0.15) is 6.92 Å². The number of aromatic nitrogens is 3. The first kappa shape index (κ1) is 17.6. The first-order valence-corrected chi connectivity index (χ1v) is 7.69. The largest absolute Gasteiger partial charge is 0.405 e. The van der Waals surface area contributed by atoms with Crippen LogP contribution in [0.15, 0.2) is 35.7 Å². The highest BCUT2D eigenvalue weighted by Gasteiger charge is 2.29. The average molecular weight is 365 g/mol. The van der Waals surface area contributed by atoms with Gasteiger partial charge in [0, 0.05) is 5.02 Å². The summed E-state index contributed by atoms with van der Waals surface area (Å²) in [4.78, 5) is 11.7. The van der Waals surface area contributed by atoms with Crippen molar-refractivity contribution in [2.75, 3.05) is 6.54 Å². The summed E-state index contributed by atoms with van der Waals surface area (Å²) >= 11 is 6.93. The molecule has 1 amide bonds. The Morgan fingerprint density at radius 1 is 1.48 bits per heavy atom. The molecule has 0 radical (unpaired) electrons. The van der Waals surface area contributed by atoms with E-state index in [0.717, 1.165) is 11.8 Å². The predicted molar refractivity (Wildman–Crippen MR) is 80.8 cm³/mol. The smallest absolute Gasteiger partial charge is 0.346 e. The third kappa shape index (κ3) is 5.14. The molecule has 0 spiro atoms. The number of hydrogen-bond donors (Lipinski definition) is 1. The van der Waals surface area contributed by atoms with Gasteiger partial charge in [0.25, 0.3) is 0 Å². The van der Waals surface area contributed by atoms with Gasteiger partial charge in [-0.15, -0.1) is 10.2 Å². The number of carbonyl (C=O) groups excluding carboxylic acids is 1. The number of nitrogens with one attached hydrogen (secondary N) is 1. The molecule has 0 aliphatic carbocycles. The Labute approximate surface area is 139 Å². The van der Waals surface area contributed by atoms with Crippen LogP contribution in [-0.2, 0) is 4.79 Å². The van der Waals surface area contributed by atoms with Crippen molar-refractivity contribution >= 4 is 29.3 Å². The molecule has 1 heterocycles. The molecule has 1 unspecified atom stereocenters. The highest BCUT2D eigenvalue weighted by atomic mass is 35.5. The van der Waals surface area contributed by atoms with Gasteiger partial charge in [-0.25, -0.2) is 0 Å². The van der Waals surface area contributed by atoms with Gasteiger partial charge in [0.1, 0.15) is 12.9 Å². The van der Waals surface area contributed by atoms with Gasteiger partial charge in [0.05, 0.1) is 10.9 Å². The lowest BCUT2D eigenvalue weighted by Crippen LogP contribution is -2.38. The van der Waals surface area contributed by atoms with Gasteiger partial charge in [0.15, 0.2) is 5.16 Å². The SMILES string of the molecule is CC(Sc1nncn1-c1cccc(Cl)c1)C(=O)NCC(F)(F)F. The number of hydrogen-bond acceptors (Lipinski definition) is 4. The van der Waals surface area contributed by atoms with Crippen LogP contribution in [0.25, 0.3) is 5.69 Å². The number of thioether (sulfide) groups is 1. The molecule has 1 aromatic heterocycles. The Kier molecular flexibility index (Phi) is 5.53. The van der Waals surface area contributed by atoms with Crippen LogP contribution >= 0.6 is 23.4 Å². The van der Waals surface area contributed by atoms with E-state index in [1.165, 1.54) is 13.3 Å². The topological polar surface area (TPSA) is 59.8 Å². The Morgan fingerprint density at radius 2 is 2.22 bits per heavy atom. The summed E-state index contributed by atoms with van der Waals surface area (Å²) in [5, 5.41) is 9.62. The van der Waals surface area contributed by atoms with E-state index in [1.54, 1.807) is 28.8 Å². The van der Waals surface area contributed by atoms with Gasteiger partial charge in [-0.05, 0) is 25.1 Å². The third-order valence-electron chi connectivity index (χ3n) is 2.72. The summed E-state index contributed by atoms with van der Waals surface area (Å²) in [6.07, 6.45) is -3.00. The minimum atomic E-state index is -4.44. The van der Waals surface area contributed by atoms with E-state index in [2.05, 4.69) is 10.2 Å². The molecule has 1 N–H and O–H groups in total. The van der Waals surface area contributed by atoms with Crippen LogP contribution in [0.2, 0.25) is 5.02 Å². The first-order valence-electron chi connectivity index (χ1n) is 6.43. The number of nitrogens with zero attached hydrogens (tertiary/aromatic N) is 3. The van der Waals surface area contributed by atoms with Crippen molar-refractivity contribution < 1.29 is 18.0 Å². The molecule has 1 atom stereocenters. The van der Waals surface area contributed by atoms with Crippen molar-refractivity contribution in [3.8, 4) is 5.69 Å². The molecule has 23 heavy (non-hydrogen) atoms. The zero-order chi connectivity index (χ0) is 17.0. The van der Waals surface area contributed by atoms with E-state index in [-0.39, 0.29) is 0 Å². The molecule has 10 heteroatoms. The van der Waals surface area contributed by atoms with E-state index in [1.807, 2.05) is 5.32 Å². The van der Waals surface area contributed by atoms with Gasteiger partial charge in [-0.3, -0.25) is 9.36 Å². The van der Waals surface area contributed by atoms with Gasteiger partial charge >= 0.3 is 6.18 Å². The second-order valence-corrected chi connectivity index (χ2v) is 6.30. The zero-order valence-corrected chi connectivity index (χ0v) is 13.4. The molecule has 0 fully saturated rings. The molecule has 2 aromatic rings. The van der Waals surface area contributed by atoms with Gasteiger partial charge in [-0.1, -0.05) is 29.4 Å². The van der Waals surface area contributed by atoms with Crippen molar-refractivity contribution in [3.05, 3.63) is 35.6 Å². The molecular formula is C13H12ClF3N4OS. The third-order valence-corrected chi connectivity index (χ3v) is 4.01. The van der Waals surface area contributed by atoms with E-state index >= 15 is 0 Å². The first-order chi connectivity index (χ1) is 10.8. The fourth-order valence-corrected chi connectivity index (χ4v) is 2.70. The Hall–Kier alpha value is -1.74. The number of benzene rings is 1. The molecular weight excluding hydrogens is 353 g/mol. The fourth-order valence-electron chi connectivity index (χ4n) is 1.65. The van der Waals surface area contributed by atoms with Crippen LogP contribution < -0.4 is 5.32 Å². The fraction of sp³-hybridized carbons (Fsp3) is 0.308. The molecule has 124 valence electrons. The number of carbonyl (C=O) groups is 1. The monoisotopic (exact) mass is 364 g/mol. The van der Waals surface area contributed by atoms with Crippen molar-refractivity contribution in [2.24, 2.45) is 0 Å². The normalized spacial score (nSPS) is 12.9. The summed E-state index contributed by atoms with van der Waals surface area (Å²) in [5.41, 5.74) is 0.688. The van der Waals surface area contributed by atoms with Gasteiger partial charge in [0.2, 0.25) is 5.91 Å². The molecule has 0 aliphatic rings. The molecule has 5 nitrogen and oxygen atoms in total. The van der Waals surface area contributed by atoms with Crippen LogP contribution in [0.4, 0.5) is 13.2 Å². The molecule has 1 aromatic carbocycles. The van der Waals surface area contributed by atoms with Crippen LogP contribution in [0.3, 0.4) is 0 Å². The van der Waals surface area contributed by atoms with Crippen LogP contribution in [0, 0.1) is 0 Å². The molecule has 0 saturated carbocycles. The Morgan fingerprint density at radius 3 is 2.87 bits per heavy atom. The van der Waals surface area contributed by atoms with Crippen molar-refractivity contribution in [1.82, 2.24) is 20.1 Å². The van der Waals surface area contributed by atoms with Crippen molar-refractivity contribution in [3.63, 3.8) is 0 Å². The van der Waals surface area contributed by atoms with Crippen LogP contribution in [0.5, 0.6) is 0 Å². The quantitative estimate of drug-likeness (QED) is 0.828. The maximum absolute atomic E-state index is 12.1. The predicted octanol–water partition coefficient (Wildman–Crippen LogP) is 3.08. The summed E-state index contributed by atoms with van der Waals surface area (Å²) < 4.78 is 38.0. The summed E-state index contributed by atoms with van der Waals surface area (Å²) in [5.74, 6) is -0.729. The van der Waals surface area contributed by atoms with E-state index in [4.69, 9.17) is 11.6 Å². The highest BCUT2D eigenvalue weighted by Crippen LogP contribution is 2.25. The number of rotatable bonds is 5. The number of amides is 1. The van der Waals surface area contributed by atoms with E-state index in [0.29, 0.717) is 15.9 Å². The molecule has 0 saturated heterocycles. The van der Waals surface area contributed by atoms with E-state index in [9.17, 15) is 18.0 Å². The van der Waals surface area contributed by atoms with E-state index < -0.39 is 23.9 Å². The Balaban J connectivity index is 2.06. The Bertz CT molecular complexity index is 692. The average Bonchev–Trinajstić information content (AvgIpc) is 2.92. The maximum atomic E-state index is 12.1. The van der Waals surface area contributed by atoms with Gasteiger partial charge in [-0.2, -0.15) is 13.2 Å². The molecule has 2 rings (SSSR count). The standard InChI is InChI=1S/C13H12ClF3N4OS/c1-8(11(22)18-6-13(15,16)17)23-12-20-19-7-21(12)10-4-2-3-9(14)5-10/h2-5,7-8H,6H2,1H3,(H,18,22). The maximum Gasteiger partial charge on any atom is 0.405 e. The summed E-state index contributed by atoms with van der Waals surface area (Å²) in [6, 6.07) is 6.90. The number of alkyl halides is 3. The lowest BCUT2D eigenvalue weighted by Gasteiger charge is -2.13. The van der Waals surface area contributed by atoms with Gasteiger partial charge < -0.3 is 5.32 Å². The second-order valence-electron chi connectivity index (χ2n) is 4.56. The minimum absolute atomic E-state index is 0.377. The second kappa shape index (κ2) is 7.22. The van der Waals surface area contributed by atoms with Crippen molar-refractivity contribution in [1.29, 1.82) is 0 Å². The minimum Gasteiger partial charge on any atom is -0.346 e. The highest BCUT2D eigenvalue weighted by molar-refractivity contribution is 8.00. The van der Waals surface area contributed by atoms with Crippen molar-refractivity contribution in [2.45, 2.75) is 23.5 Å². The lowest BCUT2D eigenvalue weighted by atomic mass is 10.3.